The van der Waals surface area contributed by atoms with E-state index in [4.69, 9.17) is 15.4 Å². The standard InChI is InChI=1S/C10H10F3N5O5/c11-10(12,13)3-1-18(9(22)15-7(3)21)8-6(20)5(16-17-14)4(2-19)23-8/h1,4-6,8,19-20H,2H2,(H,15,21,22)/t4-,5?,6+,8-/m1/s1. The van der Waals surface area contributed by atoms with Crippen LogP contribution in [0.5, 0.6) is 0 Å². The molecule has 0 radical (unpaired) electrons. The molecule has 10 nitrogen and oxygen atoms in total. The maximum atomic E-state index is 12.7. The molecule has 2 heterocycles. The van der Waals surface area contributed by atoms with Gasteiger partial charge in [0.25, 0.3) is 5.56 Å². The zero-order chi connectivity index (χ0) is 17.4. The Bertz CT molecular complexity index is 752. The summed E-state index contributed by atoms with van der Waals surface area (Å²) < 4.78 is 43.6. The highest BCUT2D eigenvalue weighted by Gasteiger charge is 2.45. The van der Waals surface area contributed by atoms with Crippen molar-refractivity contribution in [3.05, 3.63) is 43.0 Å². The zero-order valence-corrected chi connectivity index (χ0v) is 11.1. The molecule has 126 valence electrons. The highest BCUT2D eigenvalue weighted by Crippen LogP contribution is 2.32. The molecule has 0 aromatic carbocycles. The molecule has 1 aliphatic heterocycles. The van der Waals surface area contributed by atoms with E-state index in [1.54, 1.807) is 0 Å². The molecule has 4 atom stereocenters. The Balaban J connectivity index is 2.52. The number of aromatic amines is 1. The van der Waals surface area contributed by atoms with Gasteiger partial charge in [0.2, 0.25) is 0 Å². The SMILES string of the molecule is [N-]=[N+]=NC1[C@@H](CO)O[C@@H](n2cc(C(F)(F)F)c(=O)[nH]c2=O)[C@H]1O. The summed E-state index contributed by atoms with van der Waals surface area (Å²) in [6, 6.07) is -1.32. The molecule has 1 aliphatic rings. The van der Waals surface area contributed by atoms with Crippen molar-refractivity contribution in [1.29, 1.82) is 0 Å². The van der Waals surface area contributed by atoms with Gasteiger partial charge in [-0.1, -0.05) is 5.11 Å². The number of rotatable bonds is 3. The largest absolute Gasteiger partial charge is 0.423 e. The van der Waals surface area contributed by atoms with Gasteiger partial charge in [0.05, 0.1) is 18.8 Å². The lowest BCUT2D eigenvalue weighted by Crippen LogP contribution is -2.39. The molecule has 2 rings (SSSR count). The van der Waals surface area contributed by atoms with E-state index in [1.807, 2.05) is 0 Å². The quantitative estimate of drug-likeness (QED) is 0.385. The van der Waals surface area contributed by atoms with E-state index in [2.05, 4.69) is 10.0 Å². The number of aromatic nitrogens is 2. The van der Waals surface area contributed by atoms with Crippen LogP contribution in [0.4, 0.5) is 13.2 Å². The van der Waals surface area contributed by atoms with Crippen molar-refractivity contribution in [2.75, 3.05) is 6.61 Å². The Hall–Kier alpha value is -2.34. The second kappa shape index (κ2) is 6.04. The van der Waals surface area contributed by atoms with Crippen LogP contribution in [0, 0.1) is 0 Å². The zero-order valence-electron chi connectivity index (χ0n) is 11.1. The van der Waals surface area contributed by atoms with Crippen LogP contribution < -0.4 is 11.2 Å². The lowest BCUT2D eigenvalue weighted by Gasteiger charge is -2.18. The highest BCUT2D eigenvalue weighted by atomic mass is 19.4. The number of ether oxygens (including phenoxy) is 1. The fourth-order valence-corrected chi connectivity index (χ4v) is 2.19. The molecule has 1 saturated heterocycles. The number of aliphatic hydroxyl groups is 2. The van der Waals surface area contributed by atoms with E-state index >= 15 is 0 Å². The van der Waals surface area contributed by atoms with E-state index in [0.29, 0.717) is 4.57 Å². The van der Waals surface area contributed by atoms with E-state index in [-0.39, 0.29) is 6.20 Å². The third kappa shape index (κ3) is 3.07. The number of halogens is 3. The van der Waals surface area contributed by atoms with Crippen LogP contribution in [-0.4, -0.2) is 44.6 Å². The Labute approximate surface area is 124 Å². The van der Waals surface area contributed by atoms with Crippen molar-refractivity contribution in [2.45, 2.75) is 30.7 Å². The topological polar surface area (TPSA) is 153 Å². The minimum atomic E-state index is -5.03. The molecule has 1 aromatic heterocycles. The van der Waals surface area contributed by atoms with Crippen molar-refractivity contribution in [3.63, 3.8) is 0 Å². The fourth-order valence-electron chi connectivity index (χ4n) is 2.19. The fraction of sp³-hybridized carbons (Fsp3) is 0.600. The smallest absolute Gasteiger partial charge is 0.394 e. The van der Waals surface area contributed by atoms with Gasteiger partial charge in [0.15, 0.2) is 6.23 Å². The van der Waals surface area contributed by atoms with Gasteiger partial charge in [0, 0.05) is 11.1 Å². The molecule has 0 bridgehead atoms. The summed E-state index contributed by atoms with van der Waals surface area (Å²) in [5.74, 6) is 0. The Kier molecular flexibility index (Phi) is 4.47. The number of alkyl halides is 3. The number of hydrogen-bond acceptors (Lipinski definition) is 6. The van der Waals surface area contributed by atoms with Crippen molar-refractivity contribution in [3.8, 4) is 0 Å². The van der Waals surface area contributed by atoms with Crippen molar-refractivity contribution in [1.82, 2.24) is 9.55 Å². The van der Waals surface area contributed by atoms with Crippen LogP contribution in [0.1, 0.15) is 11.8 Å². The van der Waals surface area contributed by atoms with Crippen LogP contribution in [0.2, 0.25) is 0 Å². The predicted molar refractivity (Wildman–Crippen MR) is 66.3 cm³/mol. The van der Waals surface area contributed by atoms with Crippen LogP contribution in [0.3, 0.4) is 0 Å². The first-order valence-electron chi connectivity index (χ1n) is 6.12. The third-order valence-electron chi connectivity index (χ3n) is 3.25. The number of nitrogens with zero attached hydrogens (tertiary/aromatic N) is 4. The molecule has 13 heteroatoms. The van der Waals surface area contributed by atoms with Gasteiger partial charge >= 0.3 is 11.9 Å². The summed E-state index contributed by atoms with van der Waals surface area (Å²) in [5.41, 5.74) is 3.83. The Morgan fingerprint density at radius 1 is 1.48 bits per heavy atom. The predicted octanol–water partition coefficient (Wildman–Crippen LogP) is -0.515. The van der Waals surface area contributed by atoms with Gasteiger partial charge in [-0.3, -0.25) is 14.3 Å². The highest BCUT2D eigenvalue weighted by molar-refractivity contribution is 5.10. The van der Waals surface area contributed by atoms with Gasteiger partial charge in [0.1, 0.15) is 11.7 Å². The van der Waals surface area contributed by atoms with Gasteiger partial charge < -0.3 is 14.9 Å². The Morgan fingerprint density at radius 3 is 2.65 bits per heavy atom. The molecular formula is C10H10F3N5O5. The summed E-state index contributed by atoms with van der Waals surface area (Å²) in [4.78, 5) is 26.8. The van der Waals surface area contributed by atoms with Gasteiger partial charge in [-0.05, 0) is 5.53 Å². The minimum Gasteiger partial charge on any atom is -0.394 e. The number of aliphatic hydroxyl groups excluding tert-OH is 2. The van der Waals surface area contributed by atoms with E-state index < -0.39 is 54.1 Å². The lowest BCUT2D eigenvalue weighted by atomic mass is 10.1. The molecule has 1 unspecified atom stereocenters. The maximum Gasteiger partial charge on any atom is 0.423 e. The van der Waals surface area contributed by atoms with Crippen molar-refractivity contribution >= 4 is 0 Å². The second-order valence-electron chi connectivity index (χ2n) is 4.64. The number of nitrogens with one attached hydrogen (secondary N) is 1. The number of hydrogen-bond donors (Lipinski definition) is 3. The summed E-state index contributed by atoms with van der Waals surface area (Å²) in [6.07, 6.45) is -9.44. The monoisotopic (exact) mass is 337 g/mol. The normalized spacial score (nSPS) is 27.7. The molecule has 1 aromatic rings. The lowest BCUT2D eigenvalue weighted by molar-refractivity contribution is -0.140. The molecular weight excluding hydrogens is 327 g/mol. The molecule has 0 saturated carbocycles. The molecule has 0 aliphatic carbocycles. The van der Waals surface area contributed by atoms with Crippen LogP contribution >= 0.6 is 0 Å². The van der Waals surface area contributed by atoms with E-state index in [1.165, 1.54) is 4.98 Å². The first-order chi connectivity index (χ1) is 10.7. The van der Waals surface area contributed by atoms with Crippen LogP contribution in [0.15, 0.2) is 20.9 Å². The first kappa shape index (κ1) is 17.0. The van der Waals surface area contributed by atoms with Crippen molar-refractivity contribution < 1.29 is 28.1 Å². The summed E-state index contributed by atoms with van der Waals surface area (Å²) in [5, 5.41) is 22.3. The third-order valence-corrected chi connectivity index (χ3v) is 3.25. The molecule has 0 amide bonds. The average Bonchev–Trinajstić information content (AvgIpc) is 2.75. The first-order valence-corrected chi connectivity index (χ1v) is 6.12. The van der Waals surface area contributed by atoms with Gasteiger partial charge in [-0.25, -0.2) is 4.79 Å². The number of H-pyrrole nitrogens is 1. The van der Waals surface area contributed by atoms with E-state index in [0.717, 1.165) is 0 Å². The Morgan fingerprint density at radius 2 is 2.13 bits per heavy atom. The minimum absolute atomic E-state index is 0.196. The summed E-state index contributed by atoms with van der Waals surface area (Å²) in [7, 11) is 0. The average molecular weight is 337 g/mol. The molecule has 1 fully saturated rings. The molecule has 3 N–H and O–H groups in total. The van der Waals surface area contributed by atoms with Crippen molar-refractivity contribution in [2.24, 2.45) is 5.11 Å². The molecule has 0 spiro atoms. The van der Waals surface area contributed by atoms with E-state index in [9.17, 15) is 27.9 Å². The summed E-state index contributed by atoms with van der Waals surface area (Å²) in [6.45, 7) is -0.707. The van der Waals surface area contributed by atoms with Gasteiger partial charge in [-0.2, -0.15) is 13.2 Å². The van der Waals surface area contributed by atoms with Gasteiger partial charge in [-0.15, -0.1) is 0 Å². The van der Waals surface area contributed by atoms with Crippen LogP contribution in [-0.2, 0) is 10.9 Å². The summed E-state index contributed by atoms with van der Waals surface area (Å²) >= 11 is 0. The number of azide groups is 1. The second-order valence-corrected chi connectivity index (χ2v) is 4.64. The van der Waals surface area contributed by atoms with Crippen LogP contribution in [0.25, 0.3) is 10.4 Å². The molecule has 23 heavy (non-hydrogen) atoms. The maximum absolute atomic E-state index is 12.7.